The maximum atomic E-state index is 11.3. The highest BCUT2D eigenvalue weighted by molar-refractivity contribution is 8.22. The highest BCUT2D eigenvalue weighted by Gasteiger charge is 2.26. The second-order valence-corrected chi connectivity index (χ2v) is 7.74. The van der Waals surface area contributed by atoms with Gasteiger partial charge in [-0.3, -0.25) is 0 Å². The summed E-state index contributed by atoms with van der Waals surface area (Å²) >= 11 is 6.91. The average molecular weight is 346 g/mol. The van der Waals surface area contributed by atoms with Crippen molar-refractivity contribution < 1.29 is 9.53 Å². The van der Waals surface area contributed by atoms with Gasteiger partial charge in [0.2, 0.25) is 0 Å². The van der Waals surface area contributed by atoms with Gasteiger partial charge in [-0.1, -0.05) is 88.7 Å². The molecule has 22 heavy (non-hydrogen) atoms. The zero-order valence-corrected chi connectivity index (χ0v) is 15.5. The Bertz CT molecular complexity index is 324. The van der Waals surface area contributed by atoms with Gasteiger partial charge in [0.25, 0.3) is 0 Å². The molecule has 0 aromatic heterocycles. The van der Waals surface area contributed by atoms with Crippen molar-refractivity contribution in [1.29, 1.82) is 0 Å². The third-order valence-electron chi connectivity index (χ3n) is 3.96. The highest BCUT2D eigenvalue weighted by atomic mass is 32.2. The lowest BCUT2D eigenvalue weighted by Crippen LogP contribution is -2.35. The number of rotatable bonds is 12. The Labute approximate surface area is 145 Å². The number of carbonyl (C=O) groups excluding carboxylic acids is 1. The quantitative estimate of drug-likeness (QED) is 0.311. The van der Waals surface area contributed by atoms with Crippen molar-refractivity contribution in [1.82, 2.24) is 5.32 Å². The molecule has 1 N–H and O–H groups in total. The molecular weight excluding hydrogens is 314 g/mol. The number of unbranched alkanes of at least 4 members (excludes halogenated alkanes) is 9. The Morgan fingerprint density at radius 2 is 1.73 bits per heavy atom. The van der Waals surface area contributed by atoms with E-state index < -0.39 is 0 Å². The van der Waals surface area contributed by atoms with E-state index in [1.807, 2.05) is 0 Å². The first kappa shape index (κ1) is 19.8. The molecule has 0 bridgehead atoms. The smallest absolute Gasteiger partial charge is 0.328 e. The van der Waals surface area contributed by atoms with Crippen LogP contribution in [0.2, 0.25) is 0 Å². The van der Waals surface area contributed by atoms with Crippen molar-refractivity contribution >= 4 is 34.3 Å². The first-order chi connectivity index (χ1) is 10.7. The van der Waals surface area contributed by atoms with E-state index >= 15 is 0 Å². The third kappa shape index (κ3) is 9.67. The number of thiocarbonyl (C=S) groups is 1. The van der Waals surface area contributed by atoms with Gasteiger partial charge in [0.15, 0.2) is 0 Å². The molecule has 0 aromatic carbocycles. The maximum Gasteiger partial charge on any atom is 0.328 e. The Kier molecular flexibility index (Phi) is 11.8. The summed E-state index contributed by atoms with van der Waals surface area (Å²) in [6.07, 6.45) is 14.3. The van der Waals surface area contributed by atoms with Crippen LogP contribution in [0.25, 0.3) is 0 Å². The molecule has 1 atom stereocenters. The molecule has 1 heterocycles. The topological polar surface area (TPSA) is 38.3 Å². The van der Waals surface area contributed by atoms with E-state index in [9.17, 15) is 4.79 Å². The maximum absolute atomic E-state index is 11.3. The number of thioether (sulfide) groups is 1. The molecule has 0 amide bonds. The fraction of sp³-hybridized carbons (Fsp3) is 0.882. The minimum Gasteiger partial charge on any atom is -0.464 e. The first-order valence-corrected chi connectivity index (χ1v) is 10.2. The van der Waals surface area contributed by atoms with Crippen LogP contribution in [0.3, 0.4) is 0 Å². The van der Waals surface area contributed by atoms with Crippen LogP contribution in [0.4, 0.5) is 0 Å². The summed E-state index contributed by atoms with van der Waals surface area (Å²) in [5, 5.41) is 3.08. The van der Waals surface area contributed by atoms with Crippen LogP contribution in [0.5, 0.6) is 0 Å². The van der Waals surface area contributed by atoms with Crippen molar-refractivity contribution in [3.05, 3.63) is 0 Å². The molecule has 5 heteroatoms. The lowest BCUT2D eigenvalue weighted by Gasteiger charge is -2.10. The van der Waals surface area contributed by atoms with Crippen LogP contribution < -0.4 is 5.32 Å². The molecule has 0 radical (unpaired) electrons. The van der Waals surface area contributed by atoms with Gasteiger partial charge in [-0.25, -0.2) is 4.79 Å². The number of esters is 1. The van der Waals surface area contributed by atoms with Crippen molar-refractivity contribution in [2.24, 2.45) is 0 Å². The number of hydrogen-bond donors (Lipinski definition) is 1. The molecule has 0 aliphatic carbocycles. The van der Waals surface area contributed by atoms with Gasteiger partial charge in [0.05, 0.1) is 6.61 Å². The summed E-state index contributed by atoms with van der Waals surface area (Å²) in [6, 6.07) is -0.215. The van der Waals surface area contributed by atoms with E-state index in [-0.39, 0.29) is 12.0 Å². The van der Waals surface area contributed by atoms with E-state index in [1.54, 1.807) is 11.8 Å². The summed E-state index contributed by atoms with van der Waals surface area (Å²) in [5.41, 5.74) is 0. The van der Waals surface area contributed by atoms with Gasteiger partial charge < -0.3 is 10.1 Å². The van der Waals surface area contributed by atoms with Gasteiger partial charge in [0, 0.05) is 12.2 Å². The largest absolute Gasteiger partial charge is 0.464 e. The molecule has 1 rings (SSSR count). The van der Waals surface area contributed by atoms with Gasteiger partial charge in [-0.05, 0) is 6.42 Å². The molecule has 1 aliphatic heterocycles. The average Bonchev–Trinajstić information content (AvgIpc) is 2.90. The van der Waals surface area contributed by atoms with E-state index in [0.717, 1.165) is 16.5 Å². The number of ether oxygens (including phenoxy) is 1. The second-order valence-electron chi connectivity index (χ2n) is 5.97. The first-order valence-electron chi connectivity index (χ1n) is 8.84. The van der Waals surface area contributed by atoms with E-state index in [2.05, 4.69) is 12.2 Å². The molecule has 0 unspecified atom stereocenters. The highest BCUT2D eigenvalue weighted by Crippen LogP contribution is 2.14. The van der Waals surface area contributed by atoms with Crippen LogP contribution in [0.15, 0.2) is 0 Å². The van der Waals surface area contributed by atoms with Gasteiger partial charge in [0.1, 0.15) is 10.4 Å². The molecule has 1 aliphatic rings. The summed E-state index contributed by atoms with van der Waals surface area (Å²) in [7, 11) is 0. The van der Waals surface area contributed by atoms with Crippen LogP contribution in [-0.4, -0.2) is 28.7 Å². The number of carbonyl (C=O) groups is 1. The predicted octanol–water partition coefficient (Wildman–Crippen LogP) is 4.83. The molecule has 0 saturated carbocycles. The molecule has 0 spiro atoms. The minimum atomic E-state index is -0.215. The van der Waals surface area contributed by atoms with Crippen molar-refractivity contribution in [3.8, 4) is 0 Å². The summed E-state index contributed by atoms with van der Waals surface area (Å²) in [5.74, 6) is 0.881. The van der Waals surface area contributed by atoms with Gasteiger partial charge in [-0.15, -0.1) is 0 Å². The normalized spacial score (nSPS) is 17.5. The standard InChI is InChI=1S/C17H31NO2S2/c1-2-3-4-5-6-7-8-9-10-11-14-22-17(21)18-15-12-13-20-16(15)19/h15H,2-14H2,1H3,(H,18,21)/t15-/m0/s1. The van der Waals surface area contributed by atoms with Crippen LogP contribution in [0.1, 0.15) is 77.6 Å². The molecule has 128 valence electrons. The number of cyclic esters (lactones) is 1. The zero-order chi connectivity index (χ0) is 16.0. The molecule has 0 aromatic rings. The third-order valence-corrected chi connectivity index (χ3v) is 5.30. The summed E-state index contributed by atoms with van der Waals surface area (Å²) in [4.78, 5) is 11.3. The van der Waals surface area contributed by atoms with Crippen LogP contribution >= 0.6 is 24.0 Å². The van der Waals surface area contributed by atoms with Crippen molar-refractivity contribution in [2.45, 2.75) is 83.6 Å². The Morgan fingerprint density at radius 3 is 2.27 bits per heavy atom. The molecule has 1 fully saturated rings. The Morgan fingerprint density at radius 1 is 1.14 bits per heavy atom. The van der Waals surface area contributed by atoms with Crippen LogP contribution in [0, 0.1) is 0 Å². The fourth-order valence-corrected chi connectivity index (χ4v) is 3.72. The van der Waals surface area contributed by atoms with Gasteiger partial charge >= 0.3 is 5.97 Å². The lowest BCUT2D eigenvalue weighted by molar-refractivity contribution is -0.139. The number of hydrogen-bond acceptors (Lipinski definition) is 4. The van der Waals surface area contributed by atoms with Crippen molar-refractivity contribution in [2.75, 3.05) is 12.4 Å². The monoisotopic (exact) mass is 345 g/mol. The number of nitrogens with one attached hydrogen (secondary N) is 1. The van der Waals surface area contributed by atoms with E-state index in [0.29, 0.717) is 6.61 Å². The van der Waals surface area contributed by atoms with E-state index in [4.69, 9.17) is 17.0 Å². The summed E-state index contributed by atoms with van der Waals surface area (Å²) in [6.45, 7) is 2.78. The van der Waals surface area contributed by atoms with Gasteiger partial charge in [-0.2, -0.15) is 0 Å². The molecule has 1 saturated heterocycles. The molecule has 3 nitrogen and oxygen atoms in total. The lowest BCUT2D eigenvalue weighted by atomic mass is 10.1. The predicted molar refractivity (Wildman–Crippen MR) is 99.4 cm³/mol. The second kappa shape index (κ2) is 13.2. The molecular formula is C17H31NO2S2. The minimum absolute atomic E-state index is 0.165. The van der Waals surface area contributed by atoms with E-state index in [1.165, 1.54) is 64.2 Å². The SMILES string of the molecule is CCCCCCCCCCCCSC(=S)N[C@H]1CCOC1=O. The summed E-state index contributed by atoms with van der Waals surface area (Å²) < 4.78 is 5.64. The van der Waals surface area contributed by atoms with Crippen molar-refractivity contribution in [3.63, 3.8) is 0 Å². The fourth-order valence-electron chi connectivity index (χ4n) is 2.57. The van der Waals surface area contributed by atoms with Crippen LogP contribution in [-0.2, 0) is 9.53 Å². The Hall–Kier alpha value is -0.290. The zero-order valence-electron chi connectivity index (χ0n) is 13.9. The Balaban J connectivity index is 1.83.